The second kappa shape index (κ2) is 7.64. The third kappa shape index (κ3) is 4.79. The van der Waals surface area contributed by atoms with Crippen molar-refractivity contribution in [3.8, 4) is 0 Å². The van der Waals surface area contributed by atoms with Crippen molar-refractivity contribution in [1.82, 2.24) is 15.5 Å². The van der Waals surface area contributed by atoms with E-state index >= 15 is 0 Å². The number of hydrogen-bond donors (Lipinski definition) is 2. The fraction of sp³-hybridized carbons (Fsp3) is 0.769. The molecule has 20 heavy (non-hydrogen) atoms. The zero-order valence-electron chi connectivity index (χ0n) is 13.1. The quantitative estimate of drug-likeness (QED) is 0.724. The summed E-state index contributed by atoms with van der Waals surface area (Å²) in [7, 11) is 4.12. The molecule has 0 saturated heterocycles. The predicted octanol–water partition coefficient (Wildman–Crippen LogP) is 0.670. The number of nitrogens with one attached hydrogen (secondary N) is 2. The van der Waals surface area contributed by atoms with Gasteiger partial charge in [-0.25, -0.2) is 0 Å². The van der Waals surface area contributed by atoms with Gasteiger partial charge in [-0.3, -0.25) is 4.79 Å². The molecule has 0 bridgehead atoms. The van der Waals surface area contributed by atoms with Crippen LogP contribution in [0, 0.1) is 0 Å². The Morgan fingerprint density at radius 3 is 2.50 bits per heavy atom. The first-order chi connectivity index (χ1) is 9.35. The van der Waals surface area contributed by atoms with Gasteiger partial charge in [-0.15, -0.1) is 10.2 Å². The molecule has 0 aromatic carbocycles. The average molecular weight is 301 g/mol. The molecular formula is C13H25N4O2S+. The van der Waals surface area contributed by atoms with E-state index in [1.165, 1.54) is 16.7 Å². The highest BCUT2D eigenvalue weighted by Gasteiger charge is 2.24. The third-order valence-electron chi connectivity index (χ3n) is 2.90. The molecule has 1 aromatic rings. The van der Waals surface area contributed by atoms with Gasteiger partial charge in [0.15, 0.2) is 6.04 Å². The Bertz CT molecular complexity index is 434. The molecular weight excluding hydrogens is 276 g/mol. The molecule has 1 rings (SSSR count). The Morgan fingerprint density at radius 2 is 2.00 bits per heavy atom. The standard InChI is InChI=1S/C13H24N4O2S/c1-7-10(17(5)6)12-15-16-13(19-12)20-9(4)11(18)14-8(2)3/h8-10H,7H2,1-6H3,(H,14,18)/p+1/t9-,10-/m1/s1. The fourth-order valence-corrected chi connectivity index (χ4v) is 2.54. The van der Waals surface area contributed by atoms with Crippen LogP contribution < -0.4 is 10.2 Å². The molecule has 0 aliphatic heterocycles. The largest absolute Gasteiger partial charge is 0.410 e. The van der Waals surface area contributed by atoms with Gasteiger partial charge in [0.05, 0.1) is 19.3 Å². The van der Waals surface area contributed by atoms with Gasteiger partial charge in [-0.2, -0.15) is 0 Å². The van der Waals surface area contributed by atoms with Crippen molar-refractivity contribution in [3.05, 3.63) is 5.89 Å². The highest BCUT2D eigenvalue weighted by Crippen LogP contribution is 2.24. The Kier molecular flexibility index (Phi) is 6.48. The molecule has 6 nitrogen and oxygen atoms in total. The number of quaternary nitrogens is 1. The number of thioether (sulfide) groups is 1. The number of amides is 1. The molecule has 0 unspecified atom stereocenters. The van der Waals surface area contributed by atoms with E-state index in [2.05, 4.69) is 36.5 Å². The maximum Gasteiger partial charge on any atom is 0.277 e. The molecule has 0 fully saturated rings. The monoisotopic (exact) mass is 301 g/mol. The van der Waals surface area contributed by atoms with Crippen molar-refractivity contribution in [2.24, 2.45) is 0 Å². The lowest BCUT2D eigenvalue weighted by atomic mass is 10.2. The summed E-state index contributed by atoms with van der Waals surface area (Å²) >= 11 is 1.29. The SMILES string of the molecule is CC[C@H](c1nnc(S[C@H](C)C(=O)NC(C)C)o1)[NH+](C)C. The molecule has 2 atom stereocenters. The van der Waals surface area contributed by atoms with Gasteiger partial charge in [0.2, 0.25) is 5.91 Å². The third-order valence-corrected chi connectivity index (χ3v) is 3.84. The van der Waals surface area contributed by atoms with Gasteiger partial charge in [0.1, 0.15) is 0 Å². The highest BCUT2D eigenvalue weighted by atomic mass is 32.2. The molecule has 0 radical (unpaired) electrons. The van der Waals surface area contributed by atoms with Crippen molar-refractivity contribution in [3.63, 3.8) is 0 Å². The molecule has 0 aliphatic carbocycles. The van der Waals surface area contributed by atoms with E-state index in [1.807, 2.05) is 20.8 Å². The van der Waals surface area contributed by atoms with Crippen LogP contribution in [0.5, 0.6) is 0 Å². The zero-order chi connectivity index (χ0) is 15.3. The fourth-order valence-electron chi connectivity index (χ4n) is 1.85. The lowest BCUT2D eigenvalue weighted by Gasteiger charge is -2.15. The number of hydrogen-bond acceptors (Lipinski definition) is 5. The van der Waals surface area contributed by atoms with Crippen LogP contribution in [0.1, 0.15) is 46.0 Å². The van der Waals surface area contributed by atoms with Crippen molar-refractivity contribution in [2.75, 3.05) is 14.1 Å². The topological polar surface area (TPSA) is 72.5 Å². The van der Waals surface area contributed by atoms with Gasteiger partial charge < -0.3 is 14.6 Å². The average Bonchev–Trinajstić information content (AvgIpc) is 2.76. The van der Waals surface area contributed by atoms with E-state index < -0.39 is 0 Å². The van der Waals surface area contributed by atoms with E-state index in [0.29, 0.717) is 11.1 Å². The van der Waals surface area contributed by atoms with Crippen LogP contribution in [-0.4, -0.2) is 41.5 Å². The zero-order valence-corrected chi connectivity index (χ0v) is 13.9. The molecule has 0 aliphatic rings. The molecule has 114 valence electrons. The van der Waals surface area contributed by atoms with Crippen molar-refractivity contribution in [2.45, 2.75) is 56.7 Å². The van der Waals surface area contributed by atoms with Crippen LogP contribution in [0.2, 0.25) is 0 Å². The minimum atomic E-state index is -0.252. The number of carbonyl (C=O) groups is 1. The lowest BCUT2D eigenvalue weighted by molar-refractivity contribution is -0.894. The van der Waals surface area contributed by atoms with Gasteiger partial charge in [-0.1, -0.05) is 18.7 Å². The Hall–Kier alpha value is -1.08. The Labute approximate surface area is 124 Å². The number of rotatable bonds is 7. The Morgan fingerprint density at radius 1 is 1.35 bits per heavy atom. The van der Waals surface area contributed by atoms with Gasteiger partial charge in [0.25, 0.3) is 11.1 Å². The van der Waals surface area contributed by atoms with E-state index in [4.69, 9.17) is 4.42 Å². The summed E-state index contributed by atoms with van der Waals surface area (Å²) < 4.78 is 5.66. The van der Waals surface area contributed by atoms with E-state index in [9.17, 15) is 4.79 Å². The predicted molar refractivity (Wildman–Crippen MR) is 78.7 cm³/mol. The number of nitrogens with zero attached hydrogens (tertiary/aromatic N) is 2. The van der Waals surface area contributed by atoms with Gasteiger partial charge in [-0.05, 0) is 20.8 Å². The molecule has 2 N–H and O–H groups in total. The summed E-state index contributed by atoms with van der Waals surface area (Å²) in [6.45, 7) is 7.80. The molecule has 0 spiro atoms. The van der Waals surface area contributed by atoms with Crippen molar-refractivity contribution in [1.29, 1.82) is 0 Å². The second-order valence-electron chi connectivity index (χ2n) is 5.37. The van der Waals surface area contributed by atoms with Crippen molar-refractivity contribution < 1.29 is 14.1 Å². The van der Waals surface area contributed by atoms with Crippen LogP contribution in [0.15, 0.2) is 9.64 Å². The van der Waals surface area contributed by atoms with Gasteiger partial charge >= 0.3 is 0 Å². The molecule has 1 heterocycles. The van der Waals surface area contributed by atoms with Crippen LogP contribution in [0.4, 0.5) is 0 Å². The van der Waals surface area contributed by atoms with Gasteiger partial charge in [0, 0.05) is 12.5 Å². The van der Waals surface area contributed by atoms with E-state index in [-0.39, 0.29) is 23.2 Å². The summed E-state index contributed by atoms with van der Waals surface area (Å²) in [5.41, 5.74) is 0. The second-order valence-corrected chi connectivity index (χ2v) is 6.66. The van der Waals surface area contributed by atoms with Crippen LogP contribution >= 0.6 is 11.8 Å². The highest BCUT2D eigenvalue weighted by molar-refractivity contribution is 8.00. The molecule has 7 heteroatoms. The first kappa shape index (κ1) is 17.0. The molecule has 0 saturated carbocycles. The number of aromatic nitrogens is 2. The van der Waals surface area contributed by atoms with E-state index in [0.717, 1.165) is 6.42 Å². The van der Waals surface area contributed by atoms with Crippen LogP contribution in [0.3, 0.4) is 0 Å². The van der Waals surface area contributed by atoms with Crippen molar-refractivity contribution >= 4 is 17.7 Å². The number of carbonyl (C=O) groups excluding carboxylic acids is 1. The Balaban J connectivity index is 2.66. The summed E-state index contributed by atoms with van der Waals surface area (Å²) in [5, 5.41) is 11.2. The smallest absolute Gasteiger partial charge is 0.277 e. The maximum atomic E-state index is 11.8. The summed E-state index contributed by atoms with van der Waals surface area (Å²) in [5.74, 6) is 0.612. The maximum absolute atomic E-state index is 11.8. The first-order valence-corrected chi connectivity index (χ1v) is 7.83. The minimum Gasteiger partial charge on any atom is -0.410 e. The van der Waals surface area contributed by atoms with Crippen LogP contribution in [-0.2, 0) is 4.79 Å². The summed E-state index contributed by atoms with van der Waals surface area (Å²) in [4.78, 5) is 13.1. The first-order valence-electron chi connectivity index (χ1n) is 6.95. The normalized spacial score (nSPS) is 14.6. The van der Waals surface area contributed by atoms with Crippen LogP contribution in [0.25, 0.3) is 0 Å². The summed E-state index contributed by atoms with van der Waals surface area (Å²) in [6.07, 6.45) is 0.929. The minimum absolute atomic E-state index is 0.0185. The summed E-state index contributed by atoms with van der Waals surface area (Å²) in [6, 6.07) is 0.322. The van der Waals surface area contributed by atoms with E-state index in [1.54, 1.807) is 0 Å². The lowest BCUT2D eigenvalue weighted by Crippen LogP contribution is -3.06. The molecule has 1 amide bonds. The molecule has 1 aromatic heterocycles.